The second-order valence-corrected chi connectivity index (χ2v) is 6.03. The van der Waals surface area contributed by atoms with E-state index < -0.39 is 17.7 Å². The van der Waals surface area contributed by atoms with Gasteiger partial charge in [0.25, 0.3) is 0 Å². The molecule has 0 amide bonds. The van der Waals surface area contributed by atoms with E-state index in [-0.39, 0.29) is 21.9 Å². The highest BCUT2D eigenvalue weighted by Gasteiger charge is 2.59. The van der Waals surface area contributed by atoms with Crippen LogP contribution < -0.4 is 0 Å². The second kappa shape index (κ2) is 6.09. The largest absolute Gasteiger partial charge is 0.508 e. The number of phenols is 1. The predicted molar refractivity (Wildman–Crippen MR) is 82.4 cm³/mol. The molecule has 1 heterocycles. The van der Waals surface area contributed by atoms with E-state index in [0.717, 1.165) is 6.07 Å². The summed E-state index contributed by atoms with van der Waals surface area (Å²) >= 11 is 5.98. The van der Waals surface area contributed by atoms with Gasteiger partial charge in [0.2, 0.25) is 0 Å². The Labute approximate surface area is 137 Å². The van der Waals surface area contributed by atoms with Crippen LogP contribution >= 0.6 is 11.6 Å². The van der Waals surface area contributed by atoms with Gasteiger partial charge >= 0.3 is 6.18 Å². The molecule has 1 aliphatic heterocycles. The van der Waals surface area contributed by atoms with Crippen LogP contribution in [0.2, 0.25) is 5.02 Å². The molecule has 1 aromatic rings. The van der Waals surface area contributed by atoms with Crippen LogP contribution in [0.15, 0.2) is 42.1 Å². The minimum absolute atomic E-state index is 0.0222. The number of halogens is 4. The van der Waals surface area contributed by atoms with E-state index in [9.17, 15) is 23.4 Å². The molecule has 7 heteroatoms. The number of rotatable bonds is 3. The van der Waals surface area contributed by atoms with Crippen LogP contribution in [0.3, 0.4) is 0 Å². The number of nitrogens with zero attached hydrogens (tertiary/aromatic N) is 1. The van der Waals surface area contributed by atoms with Crippen LogP contribution in [0.4, 0.5) is 13.2 Å². The molecule has 2 unspecified atom stereocenters. The minimum atomic E-state index is -4.92. The van der Waals surface area contributed by atoms with Gasteiger partial charge in [-0.2, -0.15) is 13.2 Å². The van der Waals surface area contributed by atoms with Gasteiger partial charge in [-0.25, -0.2) is 0 Å². The summed E-state index contributed by atoms with van der Waals surface area (Å²) in [5, 5.41) is 20.2. The summed E-state index contributed by atoms with van der Waals surface area (Å²) in [5.41, 5.74) is -3.38. The molecule has 126 valence electrons. The molecule has 0 aliphatic carbocycles. The molecule has 0 bridgehead atoms. The molecule has 1 aliphatic rings. The van der Waals surface area contributed by atoms with Gasteiger partial charge in [-0.1, -0.05) is 30.7 Å². The standard InChI is InChI=1S/C16H17ClF3NO2/c1-10(13-8-12(22)5-6-14(13)17)15(23,16(18,19)20)11-4-3-7-21(2)9-11/h3-6,8-10,22-23H,7H2,1-2H3. The van der Waals surface area contributed by atoms with Crippen molar-refractivity contribution >= 4 is 11.6 Å². The predicted octanol–water partition coefficient (Wildman–Crippen LogP) is 3.83. The van der Waals surface area contributed by atoms with Crippen LogP contribution in [0, 0.1) is 0 Å². The fourth-order valence-electron chi connectivity index (χ4n) is 2.65. The SMILES string of the molecule is CC(c1cc(O)ccc1Cl)C(O)(C1=CN(C)CC=C1)C(F)(F)F. The van der Waals surface area contributed by atoms with Crippen LogP contribution in [-0.2, 0) is 0 Å². The lowest BCUT2D eigenvalue weighted by molar-refractivity contribution is -0.250. The Morgan fingerprint density at radius 2 is 1.96 bits per heavy atom. The van der Waals surface area contributed by atoms with E-state index in [4.69, 9.17) is 11.6 Å². The third-order valence-corrected chi connectivity index (χ3v) is 4.34. The van der Waals surface area contributed by atoms with E-state index in [1.807, 2.05) is 0 Å². The van der Waals surface area contributed by atoms with Crippen LogP contribution in [0.5, 0.6) is 5.75 Å². The first-order valence-electron chi connectivity index (χ1n) is 6.94. The smallest absolute Gasteiger partial charge is 0.422 e. The summed E-state index contributed by atoms with van der Waals surface area (Å²) in [7, 11) is 1.62. The Bertz CT molecular complexity index is 657. The first kappa shape index (κ1) is 17.7. The van der Waals surface area contributed by atoms with Gasteiger partial charge < -0.3 is 15.1 Å². The molecule has 0 aromatic heterocycles. The molecule has 2 N–H and O–H groups in total. The van der Waals surface area contributed by atoms with Crippen molar-refractivity contribution in [3.8, 4) is 5.75 Å². The maximum atomic E-state index is 13.7. The molecule has 0 radical (unpaired) electrons. The van der Waals surface area contributed by atoms with Crippen molar-refractivity contribution in [2.45, 2.75) is 24.6 Å². The number of likely N-dealkylation sites (N-methyl/N-ethyl adjacent to an activating group) is 1. The van der Waals surface area contributed by atoms with Crippen molar-refractivity contribution in [3.05, 3.63) is 52.7 Å². The zero-order chi connectivity index (χ0) is 17.4. The second-order valence-electron chi connectivity index (χ2n) is 5.62. The Kier molecular flexibility index (Phi) is 4.69. The average molecular weight is 348 g/mol. The van der Waals surface area contributed by atoms with Gasteiger partial charge in [0, 0.05) is 36.3 Å². The van der Waals surface area contributed by atoms with Gasteiger partial charge in [0.1, 0.15) is 5.75 Å². The number of aromatic hydroxyl groups is 1. The van der Waals surface area contributed by atoms with Gasteiger partial charge in [0.05, 0.1) is 0 Å². The van der Waals surface area contributed by atoms with Crippen molar-refractivity contribution in [2.24, 2.45) is 0 Å². The molecule has 0 spiro atoms. The number of benzene rings is 1. The molecule has 23 heavy (non-hydrogen) atoms. The number of hydrogen-bond acceptors (Lipinski definition) is 3. The molecule has 3 nitrogen and oxygen atoms in total. The van der Waals surface area contributed by atoms with Crippen molar-refractivity contribution in [1.82, 2.24) is 4.90 Å². The Balaban J connectivity index is 2.59. The van der Waals surface area contributed by atoms with Crippen molar-refractivity contribution in [2.75, 3.05) is 13.6 Å². The monoisotopic (exact) mass is 347 g/mol. The summed E-state index contributed by atoms with van der Waals surface area (Å²) < 4.78 is 41.2. The summed E-state index contributed by atoms with van der Waals surface area (Å²) in [5.74, 6) is -1.63. The minimum Gasteiger partial charge on any atom is -0.508 e. The molecule has 2 rings (SSSR count). The average Bonchev–Trinajstić information content (AvgIpc) is 2.47. The normalized spacial score (nSPS) is 19.3. The molecule has 0 fully saturated rings. The molecule has 1 aromatic carbocycles. The van der Waals surface area contributed by atoms with Gasteiger partial charge in [-0.05, 0) is 23.8 Å². The zero-order valence-electron chi connectivity index (χ0n) is 12.6. The van der Waals surface area contributed by atoms with E-state index >= 15 is 0 Å². The molecule has 0 saturated heterocycles. The van der Waals surface area contributed by atoms with Gasteiger partial charge in [-0.15, -0.1) is 0 Å². The van der Waals surface area contributed by atoms with E-state index in [1.54, 1.807) is 18.0 Å². The lowest BCUT2D eigenvalue weighted by Gasteiger charge is -2.39. The number of hydrogen-bond donors (Lipinski definition) is 2. The fraction of sp³-hybridized carbons (Fsp3) is 0.375. The lowest BCUT2D eigenvalue weighted by atomic mass is 9.77. The summed E-state index contributed by atoms with van der Waals surface area (Å²) in [6, 6.07) is 3.72. The van der Waals surface area contributed by atoms with Crippen LogP contribution in [0.1, 0.15) is 18.4 Å². The molecular formula is C16H17ClF3NO2. The Morgan fingerprint density at radius 3 is 2.52 bits per heavy atom. The molecule has 0 saturated carbocycles. The summed E-state index contributed by atoms with van der Waals surface area (Å²) in [4.78, 5) is 1.54. The quantitative estimate of drug-likeness (QED) is 0.873. The Hall–Kier alpha value is -1.66. The molecular weight excluding hydrogens is 331 g/mol. The fourth-order valence-corrected chi connectivity index (χ4v) is 2.93. The van der Waals surface area contributed by atoms with E-state index in [0.29, 0.717) is 6.54 Å². The van der Waals surface area contributed by atoms with Gasteiger partial charge in [-0.3, -0.25) is 0 Å². The number of aliphatic hydroxyl groups is 1. The highest BCUT2D eigenvalue weighted by atomic mass is 35.5. The topological polar surface area (TPSA) is 43.7 Å². The lowest BCUT2D eigenvalue weighted by Crippen LogP contribution is -2.51. The van der Waals surface area contributed by atoms with E-state index in [1.165, 1.54) is 31.3 Å². The zero-order valence-corrected chi connectivity index (χ0v) is 13.4. The summed E-state index contributed by atoms with van der Waals surface area (Å²) in [6.07, 6.45) is -0.847. The maximum Gasteiger partial charge on any atom is 0.422 e. The number of alkyl halides is 3. The first-order chi connectivity index (χ1) is 10.6. The van der Waals surface area contributed by atoms with Crippen molar-refractivity contribution < 1.29 is 23.4 Å². The van der Waals surface area contributed by atoms with Crippen LogP contribution in [0.25, 0.3) is 0 Å². The third-order valence-electron chi connectivity index (χ3n) is 4.00. The summed E-state index contributed by atoms with van der Waals surface area (Å²) in [6.45, 7) is 1.69. The van der Waals surface area contributed by atoms with Crippen molar-refractivity contribution in [1.29, 1.82) is 0 Å². The van der Waals surface area contributed by atoms with Gasteiger partial charge in [0.15, 0.2) is 5.60 Å². The first-order valence-corrected chi connectivity index (χ1v) is 7.31. The highest BCUT2D eigenvalue weighted by Crippen LogP contribution is 2.48. The van der Waals surface area contributed by atoms with E-state index in [2.05, 4.69) is 0 Å². The highest BCUT2D eigenvalue weighted by molar-refractivity contribution is 6.31. The van der Waals surface area contributed by atoms with Crippen LogP contribution in [-0.4, -0.2) is 40.5 Å². The number of phenolic OH excluding ortho intramolecular Hbond substituents is 1. The molecule has 2 atom stereocenters. The Morgan fingerprint density at radius 1 is 1.30 bits per heavy atom. The maximum absolute atomic E-state index is 13.7. The third kappa shape index (κ3) is 3.19. The van der Waals surface area contributed by atoms with Crippen molar-refractivity contribution in [3.63, 3.8) is 0 Å².